The van der Waals surface area contributed by atoms with Gasteiger partial charge in [0.25, 0.3) is 5.91 Å². The standard InChI is InChI=1S/C25H20F6N2O2/c1-13-20(23(35)33-15-7-4-6-14(12-15)24(26,27)28)21(22-18(32-13)10-5-11-19(22)34)16-8-2-3-9-17(16)25(29,30)31/h2-4,6-9,12,21,32H,5,10-11H2,1H3,(H,33,35)/t21-/m0/s1. The van der Waals surface area contributed by atoms with Gasteiger partial charge >= 0.3 is 12.4 Å². The summed E-state index contributed by atoms with van der Waals surface area (Å²) < 4.78 is 81.1. The summed E-state index contributed by atoms with van der Waals surface area (Å²) in [6, 6.07) is 8.62. The summed E-state index contributed by atoms with van der Waals surface area (Å²) in [4.78, 5) is 26.3. The summed E-state index contributed by atoms with van der Waals surface area (Å²) in [6.07, 6.45) is -8.35. The van der Waals surface area contributed by atoms with Crippen LogP contribution in [-0.4, -0.2) is 11.7 Å². The first-order chi connectivity index (χ1) is 16.4. The molecular formula is C25H20F6N2O2. The molecule has 0 saturated heterocycles. The van der Waals surface area contributed by atoms with E-state index in [1.54, 1.807) is 0 Å². The first kappa shape index (κ1) is 24.6. The van der Waals surface area contributed by atoms with Gasteiger partial charge in [0, 0.05) is 40.6 Å². The van der Waals surface area contributed by atoms with Gasteiger partial charge in [-0.3, -0.25) is 9.59 Å². The third-order valence-electron chi connectivity index (χ3n) is 6.05. The van der Waals surface area contributed by atoms with Crippen LogP contribution in [0.5, 0.6) is 0 Å². The van der Waals surface area contributed by atoms with Crippen molar-refractivity contribution in [2.75, 3.05) is 5.32 Å². The van der Waals surface area contributed by atoms with Crippen molar-refractivity contribution in [1.29, 1.82) is 0 Å². The third-order valence-corrected chi connectivity index (χ3v) is 6.05. The van der Waals surface area contributed by atoms with E-state index in [9.17, 15) is 35.9 Å². The Kier molecular flexibility index (Phi) is 6.25. The van der Waals surface area contributed by atoms with Crippen LogP contribution in [0.3, 0.4) is 0 Å². The molecule has 0 saturated carbocycles. The Hall–Kier alpha value is -3.56. The molecule has 0 fully saturated rings. The largest absolute Gasteiger partial charge is 0.416 e. The number of allylic oxidation sites excluding steroid dienone is 3. The summed E-state index contributed by atoms with van der Waals surface area (Å²) in [6.45, 7) is 1.49. The topological polar surface area (TPSA) is 58.2 Å². The molecule has 0 radical (unpaired) electrons. The third kappa shape index (κ3) is 4.82. The van der Waals surface area contributed by atoms with Gasteiger partial charge in [0.2, 0.25) is 0 Å². The van der Waals surface area contributed by atoms with Crippen LogP contribution in [0.1, 0.15) is 48.8 Å². The Morgan fingerprint density at radius 1 is 0.971 bits per heavy atom. The second kappa shape index (κ2) is 8.90. The van der Waals surface area contributed by atoms with Gasteiger partial charge in [-0.2, -0.15) is 26.3 Å². The van der Waals surface area contributed by atoms with Crippen molar-refractivity contribution in [3.63, 3.8) is 0 Å². The lowest BCUT2D eigenvalue weighted by Gasteiger charge is -2.35. The minimum absolute atomic E-state index is 0.0766. The average Bonchev–Trinajstić information content (AvgIpc) is 2.77. The van der Waals surface area contributed by atoms with Crippen LogP contribution < -0.4 is 10.6 Å². The smallest absolute Gasteiger partial charge is 0.362 e. The molecule has 184 valence electrons. The monoisotopic (exact) mass is 494 g/mol. The summed E-state index contributed by atoms with van der Waals surface area (Å²) in [5.74, 6) is -2.61. The Labute approximate surface area is 196 Å². The number of nitrogens with one attached hydrogen (secondary N) is 2. The molecule has 2 aliphatic rings. The number of benzene rings is 2. The van der Waals surface area contributed by atoms with Crippen molar-refractivity contribution in [2.24, 2.45) is 0 Å². The molecule has 4 nitrogen and oxygen atoms in total. The number of alkyl halides is 6. The summed E-state index contributed by atoms with van der Waals surface area (Å²) in [5.41, 5.74) is -1.83. The maximum absolute atomic E-state index is 13.9. The first-order valence-electron chi connectivity index (χ1n) is 10.8. The number of dihydropyridines is 1. The molecule has 2 N–H and O–H groups in total. The fraction of sp³-hybridized carbons (Fsp3) is 0.280. The zero-order valence-corrected chi connectivity index (χ0v) is 18.4. The van der Waals surface area contributed by atoms with Crippen molar-refractivity contribution < 1.29 is 35.9 Å². The number of hydrogen-bond acceptors (Lipinski definition) is 3. The maximum Gasteiger partial charge on any atom is 0.416 e. The van der Waals surface area contributed by atoms with E-state index in [1.165, 1.54) is 31.2 Å². The molecule has 1 aliphatic heterocycles. The molecule has 1 heterocycles. The van der Waals surface area contributed by atoms with E-state index >= 15 is 0 Å². The Morgan fingerprint density at radius 2 is 1.69 bits per heavy atom. The highest BCUT2D eigenvalue weighted by Gasteiger charge is 2.43. The molecule has 1 aliphatic carbocycles. The van der Waals surface area contributed by atoms with Crippen molar-refractivity contribution in [3.8, 4) is 0 Å². The van der Waals surface area contributed by atoms with Crippen LogP contribution in [-0.2, 0) is 21.9 Å². The lowest BCUT2D eigenvalue weighted by Crippen LogP contribution is -2.36. The van der Waals surface area contributed by atoms with Gasteiger partial charge in [0.15, 0.2) is 5.78 Å². The normalized spacial score (nSPS) is 18.8. The SMILES string of the molecule is CC1=C(C(=O)Nc2cccc(C(F)(F)F)c2)[C@H](c2ccccc2C(F)(F)F)C2=C(CCCC2=O)N1. The highest BCUT2D eigenvalue weighted by atomic mass is 19.4. The van der Waals surface area contributed by atoms with E-state index in [0.717, 1.165) is 24.3 Å². The van der Waals surface area contributed by atoms with Crippen LogP contribution in [0.4, 0.5) is 32.0 Å². The van der Waals surface area contributed by atoms with Crippen molar-refractivity contribution in [2.45, 2.75) is 44.5 Å². The molecular weight excluding hydrogens is 474 g/mol. The van der Waals surface area contributed by atoms with Crippen LogP contribution in [0, 0.1) is 0 Å². The lowest BCUT2D eigenvalue weighted by atomic mass is 9.73. The molecule has 0 aromatic heterocycles. The summed E-state index contributed by atoms with van der Waals surface area (Å²) in [7, 11) is 0. The molecule has 10 heteroatoms. The van der Waals surface area contributed by atoms with Gasteiger partial charge in [0.1, 0.15) is 0 Å². The zero-order valence-electron chi connectivity index (χ0n) is 18.4. The van der Waals surface area contributed by atoms with E-state index in [1.807, 2.05) is 0 Å². The molecule has 0 bridgehead atoms. The van der Waals surface area contributed by atoms with Crippen LogP contribution in [0.2, 0.25) is 0 Å². The van der Waals surface area contributed by atoms with Crippen LogP contribution >= 0.6 is 0 Å². The Morgan fingerprint density at radius 3 is 2.37 bits per heavy atom. The number of Topliss-reactive ketones (excluding diaryl/α,β-unsaturated/α-hetero) is 1. The first-order valence-corrected chi connectivity index (χ1v) is 10.8. The van der Waals surface area contributed by atoms with Crippen LogP contribution in [0.15, 0.2) is 71.1 Å². The van der Waals surface area contributed by atoms with Crippen molar-refractivity contribution in [1.82, 2.24) is 5.32 Å². The fourth-order valence-electron chi connectivity index (χ4n) is 4.57. The average molecular weight is 494 g/mol. The molecule has 1 atom stereocenters. The maximum atomic E-state index is 13.9. The summed E-state index contributed by atoms with van der Waals surface area (Å²) >= 11 is 0. The van der Waals surface area contributed by atoms with Gasteiger partial charge in [0.05, 0.1) is 11.1 Å². The second-order valence-electron chi connectivity index (χ2n) is 8.38. The quantitative estimate of drug-likeness (QED) is 0.491. The molecule has 0 unspecified atom stereocenters. The number of amides is 1. The zero-order chi connectivity index (χ0) is 25.5. The Balaban J connectivity index is 1.83. The fourth-order valence-corrected chi connectivity index (χ4v) is 4.57. The highest BCUT2D eigenvalue weighted by Crippen LogP contribution is 2.46. The molecule has 2 aromatic rings. The minimum atomic E-state index is -4.75. The number of halogens is 6. The van der Waals surface area contributed by atoms with Gasteiger partial charge < -0.3 is 10.6 Å². The van der Waals surface area contributed by atoms with Crippen molar-refractivity contribution in [3.05, 3.63) is 87.8 Å². The minimum Gasteiger partial charge on any atom is -0.362 e. The van der Waals surface area contributed by atoms with E-state index < -0.39 is 35.3 Å². The highest BCUT2D eigenvalue weighted by molar-refractivity contribution is 6.09. The molecule has 0 spiro atoms. The van der Waals surface area contributed by atoms with E-state index in [0.29, 0.717) is 18.5 Å². The molecule has 1 amide bonds. The number of hydrogen-bond donors (Lipinski definition) is 2. The number of carbonyl (C=O) groups is 2. The van der Waals surface area contributed by atoms with E-state index in [-0.39, 0.29) is 40.3 Å². The van der Waals surface area contributed by atoms with Crippen LogP contribution in [0.25, 0.3) is 0 Å². The van der Waals surface area contributed by atoms with Crippen molar-refractivity contribution >= 4 is 17.4 Å². The number of ketones is 1. The Bertz CT molecular complexity index is 1260. The number of rotatable bonds is 3. The lowest BCUT2D eigenvalue weighted by molar-refractivity contribution is -0.138. The van der Waals surface area contributed by atoms with E-state index in [2.05, 4.69) is 10.6 Å². The van der Waals surface area contributed by atoms with Gasteiger partial charge in [-0.15, -0.1) is 0 Å². The molecule has 35 heavy (non-hydrogen) atoms. The van der Waals surface area contributed by atoms with Gasteiger partial charge in [-0.25, -0.2) is 0 Å². The van der Waals surface area contributed by atoms with E-state index in [4.69, 9.17) is 0 Å². The number of anilines is 1. The second-order valence-corrected chi connectivity index (χ2v) is 8.38. The molecule has 4 rings (SSSR count). The van der Waals surface area contributed by atoms with Gasteiger partial charge in [-0.1, -0.05) is 24.3 Å². The number of carbonyl (C=O) groups excluding carboxylic acids is 2. The van der Waals surface area contributed by atoms with Gasteiger partial charge in [-0.05, 0) is 49.6 Å². The molecule has 2 aromatic carbocycles. The summed E-state index contributed by atoms with van der Waals surface area (Å²) in [5, 5.41) is 5.35. The predicted molar refractivity (Wildman–Crippen MR) is 116 cm³/mol. The predicted octanol–water partition coefficient (Wildman–Crippen LogP) is 6.33.